The minimum Gasteiger partial charge on any atom is -0.338 e. The third kappa shape index (κ3) is 2.84. The maximum atomic E-state index is 11.4. The van der Waals surface area contributed by atoms with Crippen LogP contribution in [0.4, 0.5) is 5.88 Å². The van der Waals surface area contributed by atoms with Gasteiger partial charge in [-0.05, 0) is 6.42 Å². The van der Waals surface area contributed by atoms with Crippen LogP contribution in [0.1, 0.15) is 46.7 Å². The quantitative estimate of drug-likeness (QED) is 0.855. The number of hydrogen-bond acceptors (Lipinski definition) is 3. The lowest BCUT2D eigenvalue weighted by Crippen LogP contribution is -2.17. The Hall–Kier alpha value is -1.32. The molecule has 1 aromatic heterocycles. The summed E-state index contributed by atoms with van der Waals surface area (Å²) in [7, 11) is 0. The maximum absolute atomic E-state index is 11.4. The standard InChI is InChI=1S/C12H20N2O2/c1-6-12(4,5)9-7-10(16-14-9)13-11(15)8(2)3/h7-8H,6H2,1-5H3,(H,13,15). The van der Waals surface area contributed by atoms with Crippen LogP contribution in [0.15, 0.2) is 10.6 Å². The van der Waals surface area contributed by atoms with E-state index >= 15 is 0 Å². The molecule has 0 aliphatic carbocycles. The number of amides is 1. The van der Waals surface area contributed by atoms with Crippen LogP contribution >= 0.6 is 0 Å². The lowest BCUT2D eigenvalue weighted by atomic mass is 9.87. The van der Waals surface area contributed by atoms with Crippen LogP contribution in [-0.4, -0.2) is 11.1 Å². The van der Waals surface area contributed by atoms with Gasteiger partial charge in [0.2, 0.25) is 11.8 Å². The SMILES string of the molecule is CCC(C)(C)c1cc(NC(=O)C(C)C)on1. The number of carbonyl (C=O) groups excluding carboxylic acids is 1. The van der Waals surface area contributed by atoms with Gasteiger partial charge in [-0.3, -0.25) is 10.1 Å². The van der Waals surface area contributed by atoms with E-state index in [9.17, 15) is 4.79 Å². The van der Waals surface area contributed by atoms with Crippen LogP contribution in [-0.2, 0) is 10.2 Å². The van der Waals surface area contributed by atoms with Crippen molar-refractivity contribution in [3.8, 4) is 0 Å². The number of nitrogens with zero attached hydrogens (tertiary/aromatic N) is 1. The number of carbonyl (C=O) groups is 1. The van der Waals surface area contributed by atoms with Crippen LogP contribution in [0.25, 0.3) is 0 Å². The van der Waals surface area contributed by atoms with Gasteiger partial charge in [-0.2, -0.15) is 0 Å². The second-order valence-corrected chi connectivity index (χ2v) is 4.96. The summed E-state index contributed by atoms with van der Waals surface area (Å²) >= 11 is 0. The smallest absolute Gasteiger partial charge is 0.231 e. The predicted octanol–water partition coefficient (Wildman–Crippen LogP) is 2.96. The fraction of sp³-hybridized carbons (Fsp3) is 0.667. The number of anilines is 1. The molecule has 0 bridgehead atoms. The molecule has 0 aliphatic rings. The molecular weight excluding hydrogens is 204 g/mol. The second kappa shape index (κ2) is 4.68. The van der Waals surface area contributed by atoms with E-state index in [1.807, 2.05) is 13.8 Å². The minimum absolute atomic E-state index is 0.0235. The van der Waals surface area contributed by atoms with E-state index in [2.05, 4.69) is 31.2 Å². The first kappa shape index (κ1) is 12.7. The first-order chi connectivity index (χ1) is 7.36. The van der Waals surface area contributed by atoms with Crippen molar-refractivity contribution in [3.05, 3.63) is 11.8 Å². The van der Waals surface area contributed by atoms with E-state index in [4.69, 9.17) is 4.52 Å². The molecule has 0 spiro atoms. The summed E-state index contributed by atoms with van der Waals surface area (Å²) in [6.07, 6.45) is 0.969. The van der Waals surface area contributed by atoms with E-state index in [1.165, 1.54) is 0 Å². The van der Waals surface area contributed by atoms with Crippen molar-refractivity contribution < 1.29 is 9.32 Å². The van der Waals surface area contributed by atoms with Crippen molar-refractivity contribution in [2.45, 2.75) is 46.5 Å². The summed E-state index contributed by atoms with van der Waals surface area (Å²) in [4.78, 5) is 11.4. The van der Waals surface area contributed by atoms with Crippen LogP contribution in [0.5, 0.6) is 0 Å². The molecule has 1 amide bonds. The first-order valence-corrected chi connectivity index (χ1v) is 5.65. The molecule has 1 N–H and O–H groups in total. The molecule has 16 heavy (non-hydrogen) atoms. The van der Waals surface area contributed by atoms with E-state index in [-0.39, 0.29) is 17.2 Å². The maximum Gasteiger partial charge on any atom is 0.231 e. The van der Waals surface area contributed by atoms with Crippen molar-refractivity contribution in [1.82, 2.24) is 5.16 Å². The van der Waals surface area contributed by atoms with Crippen molar-refractivity contribution in [1.29, 1.82) is 0 Å². The normalized spacial score (nSPS) is 11.9. The van der Waals surface area contributed by atoms with Gasteiger partial charge in [-0.15, -0.1) is 0 Å². The summed E-state index contributed by atoms with van der Waals surface area (Å²) in [5.74, 6) is 0.306. The topological polar surface area (TPSA) is 55.1 Å². The molecule has 0 unspecified atom stereocenters. The molecule has 1 aromatic rings. The molecule has 1 heterocycles. The van der Waals surface area contributed by atoms with Gasteiger partial charge in [0, 0.05) is 17.4 Å². The zero-order valence-corrected chi connectivity index (χ0v) is 10.6. The van der Waals surface area contributed by atoms with Crippen molar-refractivity contribution in [2.24, 2.45) is 5.92 Å². The summed E-state index contributed by atoms with van der Waals surface area (Å²) < 4.78 is 5.09. The number of nitrogens with one attached hydrogen (secondary N) is 1. The largest absolute Gasteiger partial charge is 0.338 e. The third-order valence-electron chi connectivity index (χ3n) is 2.86. The molecule has 0 fully saturated rings. The van der Waals surface area contributed by atoms with E-state index < -0.39 is 0 Å². The van der Waals surface area contributed by atoms with Crippen molar-refractivity contribution in [3.63, 3.8) is 0 Å². The molecule has 0 saturated carbocycles. The number of hydrogen-bond donors (Lipinski definition) is 1. The molecule has 4 nitrogen and oxygen atoms in total. The van der Waals surface area contributed by atoms with Gasteiger partial charge in [-0.25, -0.2) is 0 Å². The van der Waals surface area contributed by atoms with Crippen LogP contribution in [0.2, 0.25) is 0 Å². The van der Waals surface area contributed by atoms with E-state index in [0.717, 1.165) is 12.1 Å². The Morgan fingerprint density at radius 2 is 2.19 bits per heavy atom. The highest BCUT2D eigenvalue weighted by Gasteiger charge is 2.23. The monoisotopic (exact) mass is 224 g/mol. The summed E-state index contributed by atoms with van der Waals surface area (Å²) in [6, 6.07) is 1.80. The lowest BCUT2D eigenvalue weighted by molar-refractivity contribution is -0.119. The molecule has 0 aliphatic heterocycles. The van der Waals surface area contributed by atoms with Gasteiger partial charge in [0.25, 0.3) is 0 Å². The predicted molar refractivity (Wildman–Crippen MR) is 63.3 cm³/mol. The van der Waals surface area contributed by atoms with Crippen molar-refractivity contribution in [2.75, 3.05) is 5.32 Å². The van der Waals surface area contributed by atoms with Crippen LogP contribution in [0.3, 0.4) is 0 Å². The molecular formula is C12H20N2O2. The number of aromatic nitrogens is 1. The van der Waals surface area contributed by atoms with Gasteiger partial charge in [0.15, 0.2) is 0 Å². The fourth-order valence-electron chi connectivity index (χ4n) is 1.10. The van der Waals surface area contributed by atoms with E-state index in [0.29, 0.717) is 5.88 Å². The molecule has 0 saturated heterocycles. The Balaban J connectivity index is 2.76. The molecule has 0 aromatic carbocycles. The van der Waals surface area contributed by atoms with Crippen LogP contribution in [0, 0.1) is 5.92 Å². The first-order valence-electron chi connectivity index (χ1n) is 5.65. The van der Waals surface area contributed by atoms with Gasteiger partial charge in [0.05, 0.1) is 5.69 Å². The zero-order chi connectivity index (χ0) is 12.3. The Morgan fingerprint density at radius 1 is 1.56 bits per heavy atom. The average Bonchev–Trinajstić information content (AvgIpc) is 2.66. The highest BCUT2D eigenvalue weighted by atomic mass is 16.5. The van der Waals surface area contributed by atoms with Gasteiger partial charge >= 0.3 is 0 Å². The third-order valence-corrected chi connectivity index (χ3v) is 2.86. The lowest BCUT2D eigenvalue weighted by Gasteiger charge is -2.18. The minimum atomic E-state index is -0.0623. The molecule has 0 radical (unpaired) electrons. The summed E-state index contributed by atoms with van der Waals surface area (Å²) in [5.41, 5.74) is 0.846. The Labute approximate surface area is 96.4 Å². The average molecular weight is 224 g/mol. The molecule has 1 rings (SSSR count). The Kier molecular flexibility index (Phi) is 3.73. The highest BCUT2D eigenvalue weighted by molar-refractivity contribution is 5.90. The van der Waals surface area contributed by atoms with E-state index in [1.54, 1.807) is 6.07 Å². The van der Waals surface area contributed by atoms with Gasteiger partial charge < -0.3 is 4.52 Å². The molecule has 4 heteroatoms. The summed E-state index contributed by atoms with van der Waals surface area (Å²) in [5, 5.41) is 6.67. The van der Waals surface area contributed by atoms with Gasteiger partial charge in [0.1, 0.15) is 0 Å². The highest BCUT2D eigenvalue weighted by Crippen LogP contribution is 2.27. The molecule has 90 valence electrons. The molecule has 0 atom stereocenters. The Bertz CT molecular complexity index is 367. The fourth-order valence-corrected chi connectivity index (χ4v) is 1.10. The zero-order valence-electron chi connectivity index (χ0n) is 10.6. The van der Waals surface area contributed by atoms with Crippen molar-refractivity contribution >= 4 is 11.8 Å². The number of rotatable bonds is 4. The Morgan fingerprint density at radius 3 is 2.69 bits per heavy atom. The second-order valence-electron chi connectivity index (χ2n) is 4.96. The van der Waals surface area contributed by atoms with Gasteiger partial charge in [-0.1, -0.05) is 39.8 Å². The summed E-state index contributed by atoms with van der Waals surface area (Å²) in [6.45, 7) is 9.96. The van der Waals surface area contributed by atoms with Crippen LogP contribution < -0.4 is 5.32 Å².